The number of nitrogens with zero attached hydrogens (tertiary/aromatic N) is 1. The summed E-state index contributed by atoms with van der Waals surface area (Å²) in [6, 6.07) is 4.03. The first kappa shape index (κ1) is 14.4. The lowest BCUT2D eigenvalue weighted by Crippen LogP contribution is -2.28. The Balaban J connectivity index is 2.64. The second-order valence-electron chi connectivity index (χ2n) is 3.93. The minimum Gasteiger partial charge on any atom is -0.491 e. The first-order valence-corrected chi connectivity index (χ1v) is 6.07. The first-order valence-electron chi connectivity index (χ1n) is 6.07. The summed E-state index contributed by atoms with van der Waals surface area (Å²) in [5.74, 6) is -0.153. The molecule has 0 radical (unpaired) electrons. The molecule has 0 bridgehead atoms. The van der Waals surface area contributed by atoms with Gasteiger partial charge < -0.3 is 15.4 Å². The number of benzene rings is 1. The summed E-state index contributed by atoms with van der Waals surface area (Å²) < 4.78 is 18.6. The molecule has 1 aromatic rings. The lowest BCUT2D eigenvalue weighted by Gasteiger charge is -2.18. The molecule has 1 rings (SSSR count). The van der Waals surface area contributed by atoms with Gasteiger partial charge in [0.1, 0.15) is 24.0 Å². The molecule has 100 valence electrons. The quantitative estimate of drug-likeness (QED) is 0.575. The number of nitrogen functional groups attached to an aromatic ring is 1. The standard InChI is InChI=1S/C13H20FN3O/c1-3-17(4-2)7-8-18-12-6-5-10(14)9-11(12)13(15)16/h5-6,9H,3-4,7-8H2,1-2H3,(H3,15,16). The molecule has 0 fully saturated rings. The predicted molar refractivity (Wildman–Crippen MR) is 70.7 cm³/mol. The molecular formula is C13H20FN3O. The van der Waals surface area contributed by atoms with Gasteiger partial charge in [-0.15, -0.1) is 0 Å². The van der Waals surface area contributed by atoms with E-state index in [2.05, 4.69) is 18.7 Å². The van der Waals surface area contributed by atoms with Crippen molar-refractivity contribution in [3.8, 4) is 5.75 Å². The van der Waals surface area contributed by atoms with Crippen LogP contribution in [0, 0.1) is 11.2 Å². The van der Waals surface area contributed by atoms with Crippen molar-refractivity contribution in [2.75, 3.05) is 26.2 Å². The largest absolute Gasteiger partial charge is 0.491 e. The van der Waals surface area contributed by atoms with E-state index < -0.39 is 5.82 Å². The second kappa shape index (κ2) is 6.96. The van der Waals surface area contributed by atoms with Gasteiger partial charge in [0.05, 0.1) is 5.56 Å². The number of halogens is 1. The zero-order valence-electron chi connectivity index (χ0n) is 10.9. The van der Waals surface area contributed by atoms with Crippen LogP contribution < -0.4 is 10.5 Å². The highest BCUT2D eigenvalue weighted by Gasteiger charge is 2.08. The average molecular weight is 253 g/mol. The summed E-state index contributed by atoms with van der Waals surface area (Å²) in [4.78, 5) is 2.22. The van der Waals surface area contributed by atoms with Crippen molar-refractivity contribution in [1.82, 2.24) is 4.90 Å². The van der Waals surface area contributed by atoms with E-state index in [0.717, 1.165) is 19.6 Å². The van der Waals surface area contributed by atoms with Gasteiger partial charge in [0.15, 0.2) is 0 Å². The Morgan fingerprint density at radius 2 is 2.06 bits per heavy atom. The molecular weight excluding hydrogens is 233 g/mol. The second-order valence-corrected chi connectivity index (χ2v) is 3.93. The Hall–Kier alpha value is -1.62. The fourth-order valence-electron chi connectivity index (χ4n) is 1.66. The Bertz CT molecular complexity index is 405. The summed E-state index contributed by atoms with van der Waals surface area (Å²) in [5.41, 5.74) is 5.69. The van der Waals surface area contributed by atoms with Gasteiger partial charge in [-0.05, 0) is 31.3 Å². The van der Waals surface area contributed by atoms with E-state index in [9.17, 15) is 4.39 Å². The number of nitrogens with two attached hydrogens (primary N) is 1. The summed E-state index contributed by atoms with van der Waals surface area (Å²) >= 11 is 0. The Kier molecular flexibility index (Phi) is 5.58. The monoisotopic (exact) mass is 253 g/mol. The fourth-order valence-corrected chi connectivity index (χ4v) is 1.66. The molecule has 1 aromatic carbocycles. The van der Waals surface area contributed by atoms with Crippen LogP contribution in [-0.2, 0) is 0 Å². The lowest BCUT2D eigenvalue weighted by atomic mass is 10.2. The van der Waals surface area contributed by atoms with E-state index in [1.165, 1.54) is 18.2 Å². The maximum Gasteiger partial charge on any atom is 0.130 e. The van der Waals surface area contributed by atoms with Crippen LogP contribution in [0.1, 0.15) is 19.4 Å². The van der Waals surface area contributed by atoms with E-state index in [1.807, 2.05) is 0 Å². The third kappa shape index (κ3) is 4.00. The smallest absolute Gasteiger partial charge is 0.130 e. The number of likely N-dealkylation sites (N-methyl/N-ethyl adjacent to an activating group) is 1. The maximum atomic E-state index is 13.1. The minimum atomic E-state index is -0.420. The van der Waals surface area contributed by atoms with Gasteiger partial charge in [-0.1, -0.05) is 13.8 Å². The van der Waals surface area contributed by atoms with E-state index >= 15 is 0 Å². The van der Waals surface area contributed by atoms with Crippen molar-refractivity contribution in [2.24, 2.45) is 5.73 Å². The van der Waals surface area contributed by atoms with Crippen LogP contribution in [0.5, 0.6) is 5.75 Å². The molecule has 0 aliphatic carbocycles. The first-order chi connectivity index (χ1) is 8.58. The summed E-state index contributed by atoms with van der Waals surface area (Å²) in [6.45, 7) is 7.38. The molecule has 0 aromatic heterocycles. The average Bonchev–Trinajstić information content (AvgIpc) is 2.36. The molecule has 0 saturated heterocycles. The number of hydrogen-bond donors (Lipinski definition) is 2. The van der Waals surface area contributed by atoms with E-state index in [4.69, 9.17) is 15.9 Å². The van der Waals surface area contributed by atoms with Crippen molar-refractivity contribution in [3.05, 3.63) is 29.6 Å². The van der Waals surface area contributed by atoms with Crippen molar-refractivity contribution >= 4 is 5.84 Å². The number of hydrogen-bond acceptors (Lipinski definition) is 3. The summed E-state index contributed by atoms with van der Waals surface area (Å²) in [6.07, 6.45) is 0. The molecule has 0 aliphatic rings. The van der Waals surface area contributed by atoms with Crippen molar-refractivity contribution in [1.29, 1.82) is 5.41 Å². The van der Waals surface area contributed by atoms with Gasteiger partial charge >= 0.3 is 0 Å². The van der Waals surface area contributed by atoms with Crippen LogP contribution in [0.2, 0.25) is 0 Å². The van der Waals surface area contributed by atoms with Crippen LogP contribution in [-0.4, -0.2) is 37.0 Å². The lowest BCUT2D eigenvalue weighted by molar-refractivity contribution is 0.222. The van der Waals surface area contributed by atoms with E-state index in [-0.39, 0.29) is 5.84 Å². The molecule has 0 aliphatic heterocycles. The number of nitrogens with one attached hydrogen (secondary N) is 1. The molecule has 5 heteroatoms. The number of rotatable bonds is 7. The Morgan fingerprint density at radius 1 is 1.39 bits per heavy atom. The third-order valence-corrected chi connectivity index (χ3v) is 2.79. The molecule has 3 N–H and O–H groups in total. The van der Waals surface area contributed by atoms with Gasteiger partial charge in [-0.3, -0.25) is 5.41 Å². The van der Waals surface area contributed by atoms with Crippen LogP contribution in [0.25, 0.3) is 0 Å². The Labute approximate surface area is 107 Å². The number of amidine groups is 1. The zero-order chi connectivity index (χ0) is 13.5. The van der Waals surface area contributed by atoms with Crippen molar-refractivity contribution in [2.45, 2.75) is 13.8 Å². The van der Waals surface area contributed by atoms with Crippen LogP contribution in [0.15, 0.2) is 18.2 Å². The van der Waals surface area contributed by atoms with Gasteiger partial charge in [-0.2, -0.15) is 0 Å². The van der Waals surface area contributed by atoms with Gasteiger partial charge in [0.25, 0.3) is 0 Å². The SMILES string of the molecule is CCN(CC)CCOc1ccc(F)cc1C(=N)N. The number of ether oxygens (including phenoxy) is 1. The highest BCUT2D eigenvalue weighted by molar-refractivity contribution is 5.97. The van der Waals surface area contributed by atoms with Gasteiger partial charge in [0, 0.05) is 6.54 Å². The van der Waals surface area contributed by atoms with Crippen LogP contribution in [0.3, 0.4) is 0 Å². The molecule has 0 unspecified atom stereocenters. The highest BCUT2D eigenvalue weighted by Crippen LogP contribution is 2.19. The minimum absolute atomic E-state index is 0.188. The summed E-state index contributed by atoms with van der Waals surface area (Å²) in [7, 11) is 0. The topological polar surface area (TPSA) is 62.3 Å². The molecule has 4 nitrogen and oxygen atoms in total. The zero-order valence-corrected chi connectivity index (χ0v) is 10.9. The van der Waals surface area contributed by atoms with Crippen molar-refractivity contribution < 1.29 is 9.13 Å². The molecule has 0 amide bonds. The van der Waals surface area contributed by atoms with Gasteiger partial charge in [0.2, 0.25) is 0 Å². The predicted octanol–water partition coefficient (Wildman–Crippen LogP) is 1.83. The maximum absolute atomic E-state index is 13.1. The molecule has 0 saturated carbocycles. The van der Waals surface area contributed by atoms with Crippen molar-refractivity contribution in [3.63, 3.8) is 0 Å². The fraction of sp³-hybridized carbons (Fsp3) is 0.462. The molecule has 0 heterocycles. The summed E-state index contributed by atoms with van der Waals surface area (Å²) in [5, 5.41) is 7.39. The Morgan fingerprint density at radius 3 is 2.61 bits per heavy atom. The van der Waals surface area contributed by atoms with E-state index in [0.29, 0.717) is 17.9 Å². The third-order valence-electron chi connectivity index (χ3n) is 2.79. The van der Waals surface area contributed by atoms with Gasteiger partial charge in [-0.25, -0.2) is 4.39 Å². The van der Waals surface area contributed by atoms with Crippen LogP contribution in [0.4, 0.5) is 4.39 Å². The highest BCUT2D eigenvalue weighted by atomic mass is 19.1. The normalized spacial score (nSPS) is 10.7. The molecule has 0 spiro atoms. The molecule has 18 heavy (non-hydrogen) atoms. The van der Waals surface area contributed by atoms with E-state index in [1.54, 1.807) is 0 Å². The molecule has 0 atom stereocenters. The van der Waals surface area contributed by atoms with Crippen LogP contribution >= 0.6 is 0 Å².